The molecule has 0 N–H and O–H groups in total. The molecular weight excluding hydrogens is 324 g/mol. The zero-order chi connectivity index (χ0) is 17.8. The summed E-state index contributed by atoms with van der Waals surface area (Å²) < 4.78 is 5.35. The lowest BCUT2D eigenvalue weighted by Gasteiger charge is -2.26. The number of rotatable bonds is 5. The molecule has 1 aliphatic carbocycles. The van der Waals surface area contributed by atoms with E-state index in [0.717, 1.165) is 32.1 Å². The van der Waals surface area contributed by atoms with Crippen LogP contribution in [-0.2, 0) is 20.9 Å². The van der Waals surface area contributed by atoms with Crippen molar-refractivity contribution in [2.45, 2.75) is 51.2 Å². The minimum absolute atomic E-state index is 0.000736. The van der Waals surface area contributed by atoms with Crippen molar-refractivity contribution in [1.82, 2.24) is 4.90 Å². The lowest BCUT2D eigenvalue weighted by atomic mass is 10.1. The summed E-state index contributed by atoms with van der Waals surface area (Å²) in [6.45, 7) is 0.672. The average molecular weight is 346 g/mol. The number of carbonyl (C=O) groups is 2. The first-order valence-electron chi connectivity index (χ1n) is 8.76. The summed E-state index contributed by atoms with van der Waals surface area (Å²) in [5.74, 6) is -0.238. The highest BCUT2D eigenvalue weighted by Crippen LogP contribution is 2.30. The molecule has 3 rings (SSSR count). The fraction of sp³-hybridized carbons (Fsp3) is 0.556. The van der Waals surface area contributed by atoms with Crippen LogP contribution in [0.25, 0.3) is 0 Å². The SMILES string of the molecule is O=C(OCc1ccc([N+](=O)[O-])cc1)[C@@H]1CCCN1C(=O)C1CCCC1. The van der Waals surface area contributed by atoms with Crippen molar-refractivity contribution >= 4 is 17.6 Å². The molecule has 0 aromatic heterocycles. The number of likely N-dealkylation sites (tertiary alicyclic amines) is 1. The lowest BCUT2D eigenvalue weighted by Crippen LogP contribution is -2.43. The van der Waals surface area contributed by atoms with E-state index in [9.17, 15) is 19.7 Å². The summed E-state index contributed by atoms with van der Waals surface area (Å²) >= 11 is 0. The van der Waals surface area contributed by atoms with Crippen LogP contribution < -0.4 is 0 Å². The molecule has 1 saturated heterocycles. The van der Waals surface area contributed by atoms with Crippen LogP contribution in [0.4, 0.5) is 5.69 Å². The van der Waals surface area contributed by atoms with Crippen LogP contribution in [0, 0.1) is 16.0 Å². The normalized spacial score (nSPS) is 20.6. The number of nitro benzene ring substituents is 1. The van der Waals surface area contributed by atoms with Gasteiger partial charge in [0.1, 0.15) is 12.6 Å². The van der Waals surface area contributed by atoms with Crippen molar-refractivity contribution in [1.29, 1.82) is 0 Å². The van der Waals surface area contributed by atoms with E-state index in [0.29, 0.717) is 18.5 Å². The molecule has 0 unspecified atom stereocenters. The number of nitro groups is 1. The van der Waals surface area contributed by atoms with E-state index in [4.69, 9.17) is 4.74 Å². The largest absolute Gasteiger partial charge is 0.459 e. The number of hydrogen-bond donors (Lipinski definition) is 0. The molecule has 0 bridgehead atoms. The number of carbonyl (C=O) groups excluding carboxylic acids is 2. The minimum atomic E-state index is -0.494. The van der Waals surface area contributed by atoms with E-state index in [1.165, 1.54) is 12.1 Å². The second kappa shape index (κ2) is 7.63. The zero-order valence-corrected chi connectivity index (χ0v) is 14.1. The van der Waals surface area contributed by atoms with Crippen molar-refractivity contribution in [2.75, 3.05) is 6.54 Å². The Kier molecular flexibility index (Phi) is 5.31. The van der Waals surface area contributed by atoms with Gasteiger partial charge in [-0.3, -0.25) is 14.9 Å². The number of non-ortho nitro benzene ring substituents is 1. The maximum absolute atomic E-state index is 12.6. The number of ether oxygens (including phenoxy) is 1. The summed E-state index contributed by atoms with van der Waals surface area (Å²) in [5, 5.41) is 10.6. The third kappa shape index (κ3) is 3.97. The third-order valence-electron chi connectivity index (χ3n) is 5.04. The number of hydrogen-bond acceptors (Lipinski definition) is 5. The van der Waals surface area contributed by atoms with Crippen molar-refractivity contribution < 1.29 is 19.2 Å². The van der Waals surface area contributed by atoms with E-state index >= 15 is 0 Å². The molecule has 0 spiro atoms. The smallest absolute Gasteiger partial charge is 0.329 e. The van der Waals surface area contributed by atoms with Gasteiger partial charge in [-0.25, -0.2) is 4.79 Å². The quantitative estimate of drug-likeness (QED) is 0.464. The van der Waals surface area contributed by atoms with Crippen molar-refractivity contribution in [3.8, 4) is 0 Å². The van der Waals surface area contributed by atoms with Crippen LogP contribution >= 0.6 is 0 Å². The van der Waals surface area contributed by atoms with Gasteiger partial charge < -0.3 is 9.64 Å². The molecule has 7 nitrogen and oxygen atoms in total. The molecule has 2 fully saturated rings. The highest BCUT2D eigenvalue weighted by atomic mass is 16.6. The van der Waals surface area contributed by atoms with Gasteiger partial charge in [0.2, 0.25) is 5.91 Å². The molecule has 1 amide bonds. The summed E-state index contributed by atoms with van der Waals surface area (Å²) in [7, 11) is 0. The monoisotopic (exact) mass is 346 g/mol. The van der Waals surface area contributed by atoms with Crippen LogP contribution in [0.15, 0.2) is 24.3 Å². The highest BCUT2D eigenvalue weighted by Gasteiger charge is 2.38. The van der Waals surface area contributed by atoms with Crippen LogP contribution in [0.1, 0.15) is 44.1 Å². The van der Waals surface area contributed by atoms with E-state index in [1.54, 1.807) is 17.0 Å². The Balaban J connectivity index is 1.56. The molecule has 1 atom stereocenters. The molecule has 7 heteroatoms. The van der Waals surface area contributed by atoms with Gasteiger partial charge in [-0.2, -0.15) is 0 Å². The molecule has 1 saturated carbocycles. The number of benzene rings is 1. The molecular formula is C18H22N2O5. The van der Waals surface area contributed by atoms with Crippen LogP contribution in [0.2, 0.25) is 0 Å². The minimum Gasteiger partial charge on any atom is -0.459 e. The van der Waals surface area contributed by atoms with Gasteiger partial charge in [0, 0.05) is 24.6 Å². The predicted molar refractivity (Wildman–Crippen MR) is 89.6 cm³/mol. The molecule has 2 aliphatic rings. The zero-order valence-electron chi connectivity index (χ0n) is 14.1. The number of esters is 1. The maximum atomic E-state index is 12.6. The highest BCUT2D eigenvalue weighted by molar-refractivity contribution is 5.86. The van der Waals surface area contributed by atoms with E-state index in [1.807, 2.05) is 0 Å². The molecule has 25 heavy (non-hydrogen) atoms. The number of nitrogens with zero attached hydrogens (tertiary/aromatic N) is 2. The Morgan fingerprint density at radius 3 is 2.44 bits per heavy atom. The van der Waals surface area contributed by atoms with E-state index < -0.39 is 11.0 Å². The first-order valence-corrected chi connectivity index (χ1v) is 8.76. The van der Waals surface area contributed by atoms with Crippen LogP contribution in [-0.4, -0.2) is 34.3 Å². The Hall–Kier alpha value is -2.44. The topological polar surface area (TPSA) is 89.8 Å². The van der Waals surface area contributed by atoms with E-state index in [2.05, 4.69) is 0 Å². The fourth-order valence-electron chi connectivity index (χ4n) is 3.65. The van der Waals surface area contributed by atoms with Gasteiger partial charge in [-0.15, -0.1) is 0 Å². The van der Waals surface area contributed by atoms with Crippen LogP contribution in [0.3, 0.4) is 0 Å². The fourth-order valence-corrected chi connectivity index (χ4v) is 3.65. The van der Waals surface area contributed by atoms with Gasteiger partial charge >= 0.3 is 5.97 Å². The standard InChI is InChI=1S/C18H22N2O5/c21-17(14-4-1-2-5-14)19-11-3-6-16(19)18(22)25-12-13-7-9-15(10-8-13)20(23)24/h7-10,14,16H,1-6,11-12H2/t16-/m0/s1. The van der Waals surface area contributed by atoms with Gasteiger partial charge in [0.15, 0.2) is 0 Å². The molecule has 0 radical (unpaired) electrons. The average Bonchev–Trinajstić information content (AvgIpc) is 3.30. The van der Waals surface area contributed by atoms with Gasteiger partial charge in [0.05, 0.1) is 4.92 Å². The Bertz CT molecular complexity index is 652. The molecule has 1 aliphatic heterocycles. The van der Waals surface area contributed by atoms with Gasteiger partial charge in [0.25, 0.3) is 5.69 Å². The second-order valence-corrected chi connectivity index (χ2v) is 6.70. The molecule has 1 aromatic carbocycles. The summed E-state index contributed by atoms with van der Waals surface area (Å²) in [6, 6.07) is 5.41. The van der Waals surface area contributed by atoms with Crippen molar-refractivity contribution in [3.05, 3.63) is 39.9 Å². The van der Waals surface area contributed by atoms with Crippen LogP contribution in [0.5, 0.6) is 0 Å². The summed E-state index contributed by atoms with van der Waals surface area (Å²) in [6.07, 6.45) is 5.45. The van der Waals surface area contributed by atoms with Crippen molar-refractivity contribution in [2.24, 2.45) is 5.92 Å². The second-order valence-electron chi connectivity index (χ2n) is 6.70. The summed E-state index contributed by atoms with van der Waals surface area (Å²) in [5.41, 5.74) is 0.685. The maximum Gasteiger partial charge on any atom is 0.329 e. The number of amides is 1. The molecule has 1 aromatic rings. The Morgan fingerprint density at radius 1 is 1.12 bits per heavy atom. The third-order valence-corrected chi connectivity index (χ3v) is 5.04. The van der Waals surface area contributed by atoms with Gasteiger partial charge in [-0.05, 0) is 43.4 Å². The van der Waals surface area contributed by atoms with Crippen molar-refractivity contribution in [3.63, 3.8) is 0 Å². The van der Waals surface area contributed by atoms with E-state index in [-0.39, 0.29) is 30.1 Å². The lowest BCUT2D eigenvalue weighted by molar-refractivity contribution is -0.384. The first-order chi connectivity index (χ1) is 12.1. The first kappa shape index (κ1) is 17.4. The Morgan fingerprint density at radius 2 is 1.80 bits per heavy atom. The van der Waals surface area contributed by atoms with Gasteiger partial charge in [-0.1, -0.05) is 12.8 Å². The summed E-state index contributed by atoms with van der Waals surface area (Å²) in [4.78, 5) is 36.9. The molecule has 134 valence electrons. The Labute approximate surface area is 146 Å². The predicted octanol–water partition coefficient (Wildman–Crippen LogP) is 2.82. The molecule has 1 heterocycles.